The van der Waals surface area contributed by atoms with Crippen molar-refractivity contribution in [3.8, 4) is 0 Å². The number of benzene rings is 1. The lowest BCUT2D eigenvalue weighted by Gasteiger charge is -2.34. The molecule has 27 heavy (non-hydrogen) atoms. The number of rotatable bonds is 7. The second-order valence-corrected chi connectivity index (χ2v) is 7.90. The standard InChI is InChI=1S/C21H32N2O4/c1-14(2)18(22-21(26)27-13-16-9-6-5-7-10-16)20(25)23-12-8-11-17(23)19(24)15(3)4/h5-7,9-10,14-15,17-19,24H,8,11-13H2,1-4H3,(H,22,26)/t17-,18-,19+/m0/s1. The summed E-state index contributed by atoms with van der Waals surface area (Å²) in [5.74, 6) is -0.159. The molecule has 1 saturated heterocycles. The van der Waals surface area contributed by atoms with Gasteiger partial charge in [0.05, 0.1) is 12.1 Å². The van der Waals surface area contributed by atoms with E-state index in [9.17, 15) is 14.7 Å². The molecule has 1 aliphatic rings. The van der Waals surface area contributed by atoms with Crippen molar-refractivity contribution < 1.29 is 19.4 Å². The lowest BCUT2D eigenvalue weighted by molar-refractivity contribution is -0.138. The van der Waals surface area contributed by atoms with Crippen LogP contribution in [0.4, 0.5) is 4.79 Å². The Morgan fingerprint density at radius 3 is 2.44 bits per heavy atom. The molecule has 1 heterocycles. The van der Waals surface area contributed by atoms with Gasteiger partial charge in [-0.15, -0.1) is 0 Å². The first-order valence-corrected chi connectivity index (χ1v) is 9.77. The molecule has 3 atom stereocenters. The minimum atomic E-state index is -0.673. The summed E-state index contributed by atoms with van der Waals surface area (Å²) in [7, 11) is 0. The van der Waals surface area contributed by atoms with Crippen LogP contribution in [-0.4, -0.2) is 46.7 Å². The zero-order valence-corrected chi connectivity index (χ0v) is 16.7. The van der Waals surface area contributed by atoms with E-state index in [0.29, 0.717) is 6.54 Å². The van der Waals surface area contributed by atoms with E-state index in [1.807, 2.05) is 58.0 Å². The molecule has 1 fully saturated rings. The molecule has 0 bridgehead atoms. The van der Waals surface area contributed by atoms with E-state index in [4.69, 9.17) is 4.74 Å². The number of carbonyl (C=O) groups excluding carboxylic acids is 2. The maximum atomic E-state index is 13.1. The highest BCUT2D eigenvalue weighted by Crippen LogP contribution is 2.25. The average Bonchev–Trinajstić information content (AvgIpc) is 3.13. The Kier molecular flexibility index (Phi) is 7.66. The van der Waals surface area contributed by atoms with Gasteiger partial charge in [0.1, 0.15) is 12.6 Å². The molecule has 0 aliphatic carbocycles. The molecule has 0 radical (unpaired) electrons. The van der Waals surface area contributed by atoms with Crippen molar-refractivity contribution in [2.24, 2.45) is 11.8 Å². The van der Waals surface area contributed by atoms with Crippen LogP contribution in [0.25, 0.3) is 0 Å². The number of carbonyl (C=O) groups is 2. The van der Waals surface area contributed by atoms with Crippen LogP contribution in [0.5, 0.6) is 0 Å². The fraction of sp³-hybridized carbons (Fsp3) is 0.619. The fourth-order valence-electron chi connectivity index (χ4n) is 3.45. The number of aliphatic hydroxyl groups is 1. The number of aliphatic hydroxyl groups excluding tert-OH is 1. The molecule has 1 aliphatic heterocycles. The van der Waals surface area contributed by atoms with Gasteiger partial charge in [-0.25, -0.2) is 4.79 Å². The van der Waals surface area contributed by atoms with Crippen molar-refractivity contribution in [1.82, 2.24) is 10.2 Å². The highest BCUT2D eigenvalue weighted by molar-refractivity contribution is 5.86. The summed E-state index contributed by atoms with van der Waals surface area (Å²) in [5.41, 5.74) is 0.889. The van der Waals surface area contributed by atoms with Gasteiger partial charge < -0.3 is 20.1 Å². The second kappa shape index (κ2) is 9.74. The van der Waals surface area contributed by atoms with Crippen molar-refractivity contribution in [3.63, 3.8) is 0 Å². The van der Waals surface area contributed by atoms with Gasteiger partial charge in [-0.2, -0.15) is 0 Å². The largest absolute Gasteiger partial charge is 0.445 e. The highest BCUT2D eigenvalue weighted by Gasteiger charge is 2.39. The molecule has 2 rings (SSSR count). The van der Waals surface area contributed by atoms with E-state index >= 15 is 0 Å². The van der Waals surface area contributed by atoms with Crippen LogP contribution in [-0.2, 0) is 16.1 Å². The summed E-state index contributed by atoms with van der Waals surface area (Å²) in [6, 6.07) is 8.54. The summed E-state index contributed by atoms with van der Waals surface area (Å²) >= 11 is 0. The quantitative estimate of drug-likeness (QED) is 0.767. The Morgan fingerprint density at radius 1 is 1.19 bits per heavy atom. The Hall–Kier alpha value is -2.08. The Balaban J connectivity index is 1.98. The Labute approximate surface area is 161 Å². The molecule has 2 N–H and O–H groups in total. The van der Waals surface area contributed by atoms with E-state index < -0.39 is 18.2 Å². The van der Waals surface area contributed by atoms with E-state index in [-0.39, 0.29) is 30.4 Å². The van der Waals surface area contributed by atoms with Gasteiger partial charge in [0.25, 0.3) is 0 Å². The van der Waals surface area contributed by atoms with Crippen LogP contribution in [0.1, 0.15) is 46.1 Å². The predicted octanol–water partition coefficient (Wildman–Crippen LogP) is 2.95. The van der Waals surface area contributed by atoms with E-state index in [1.165, 1.54) is 0 Å². The molecule has 1 aromatic carbocycles. The molecule has 0 saturated carbocycles. The van der Waals surface area contributed by atoms with E-state index in [1.54, 1.807) is 4.90 Å². The van der Waals surface area contributed by atoms with Crippen molar-refractivity contribution >= 4 is 12.0 Å². The highest BCUT2D eigenvalue weighted by atomic mass is 16.5. The summed E-state index contributed by atoms with van der Waals surface area (Å²) < 4.78 is 5.26. The average molecular weight is 376 g/mol. The van der Waals surface area contributed by atoms with Crippen LogP contribution in [0.2, 0.25) is 0 Å². The van der Waals surface area contributed by atoms with Crippen LogP contribution < -0.4 is 5.32 Å². The van der Waals surface area contributed by atoms with Crippen LogP contribution in [0.15, 0.2) is 30.3 Å². The van der Waals surface area contributed by atoms with Gasteiger partial charge in [-0.05, 0) is 30.2 Å². The van der Waals surface area contributed by atoms with Gasteiger partial charge >= 0.3 is 6.09 Å². The van der Waals surface area contributed by atoms with Crippen LogP contribution >= 0.6 is 0 Å². The first-order valence-electron chi connectivity index (χ1n) is 9.77. The van der Waals surface area contributed by atoms with Gasteiger partial charge in [-0.3, -0.25) is 4.79 Å². The third-order valence-electron chi connectivity index (χ3n) is 5.08. The predicted molar refractivity (Wildman–Crippen MR) is 104 cm³/mol. The first-order chi connectivity index (χ1) is 12.8. The zero-order valence-electron chi connectivity index (χ0n) is 16.7. The third-order valence-corrected chi connectivity index (χ3v) is 5.08. The summed E-state index contributed by atoms with van der Waals surface area (Å²) in [5, 5.41) is 13.2. The number of nitrogens with one attached hydrogen (secondary N) is 1. The first kappa shape index (κ1) is 21.2. The van der Waals surface area contributed by atoms with Gasteiger partial charge in [0.15, 0.2) is 0 Å². The molecule has 150 valence electrons. The summed E-state index contributed by atoms with van der Waals surface area (Å²) in [4.78, 5) is 27.0. The monoisotopic (exact) mass is 376 g/mol. The molecule has 0 spiro atoms. The fourth-order valence-corrected chi connectivity index (χ4v) is 3.45. The number of nitrogens with zero attached hydrogens (tertiary/aromatic N) is 1. The molecule has 6 heteroatoms. The maximum Gasteiger partial charge on any atom is 0.408 e. The number of hydrogen-bond acceptors (Lipinski definition) is 4. The lowest BCUT2D eigenvalue weighted by atomic mass is 9.96. The van der Waals surface area contributed by atoms with Crippen molar-refractivity contribution in [1.29, 1.82) is 0 Å². The van der Waals surface area contributed by atoms with Crippen LogP contribution in [0.3, 0.4) is 0 Å². The zero-order chi connectivity index (χ0) is 20.0. The number of likely N-dealkylation sites (tertiary alicyclic amines) is 1. The van der Waals surface area contributed by atoms with Crippen molar-refractivity contribution in [3.05, 3.63) is 35.9 Å². The van der Waals surface area contributed by atoms with Gasteiger partial charge in [0, 0.05) is 6.54 Å². The molecule has 6 nitrogen and oxygen atoms in total. The minimum absolute atomic E-state index is 0.0738. The summed E-state index contributed by atoms with van der Waals surface area (Å²) in [6.45, 7) is 8.45. The van der Waals surface area contributed by atoms with Gasteiger partial charge in [0.2, 0.25) is 5.91 Å². The normalized spacial score (nSPS) is 19.2. The molecular formula is C21H32N2O4. The smallest absolute Gasteiger partial charge is 0.408 e. The number of ether oxygens (including phenoxy) is 1. The van der Waals surface area contributed by atoms with E-state index in [2.05, 4.69) is 5.32 Å². The molecule has 0 aromatic heterocycles. The Bertz CT molecular complexity index is 618. The number of hydrogen-bond donors (Lipinski definition) is 2. The summed E-state index contributed by atoms with van der Waals surface area (Å²) in [6.07, 6.45) is 0.484. The van der Waals surface area contributed by atoms with E-state index in [0.717, 1.165) is 18.4 Å². The second-order valence-electron chi connectivity index (χ2n) is 7.90. The molecule has 1 aromatic rings. The topological polar surface area (TPSA) is 78.9 Å². The number of alkyl carbamates (subject to hydrolysis) is 1. The third kappa shape index (κ3) is 5.70. The maximum absolute atomic E-state index is 13.1. The Morgan fingerprint density at radius 2 is 1.85 bits per heavy atom. The SMILES string of the molecule is CC(C)[C@H](NC(=O)OCc1ccccc1)C(=O)N1CCC[C@H]1[C@H](O)C(C)C. The molecular weight excluding hydrogens is 344 g/mol. The van der Waals surface area contributed by atoms with Crippen molar-refractivity contribution in [2.75, 3.05) is 6.54 Å². The van der Waals surface area contributed by atoms with Crippen molar-refractivity contribution in [2.45, 2.75) is 65.3 Å². The minimum Gasteiger partial charge on any atom is -0.445 e. The molecule has 2 amide bonds. The van der Waals surface area contributed by atoms with Crippen LogP contribution in [0, 0.1) is 11.8 Å². The van der Waals surface area contributed by atoms with Gasteiger partial charge in [-0.1, -0.05) is 58.0 Å². The molecule has 0 unspecified atom stereocenters. The number of amides is 2. The lowest BCUT2D eigenvalue weighted by Crippen LogP contribution is -2.55.